The summed E-state index contributed by atoms with van der Waals surface area (Å²) in [6.45, 7) is 5.54. The Hall–Kier alpha value is -1.40. The number of hydrogen-bond donors (Lipinski definition) is 1. The molecule has 5 nitrogen and oxygen atoms in total. The summed E-state index contributed by atoms with van der Waals surface area (Å²) in [6.07, 6.45) is 1.67. The lowest BCUT2D eigenvalue weighted by Crippen LogP contribution is -2.18. The Kier molecular flexibility index (Phi) is 5.14. The zero-order valence-electron chi connectivity index (χ0n) is 11.9. The van der Waals surface area contributed by atoms with Crippen LogP contribution in [0, 0.1) is 0 Å². The molecular weight excluding hydrogens is 320 g/mol. The molecule has 0 fully saturated rings. The molecule has 1 heterocycles. The van der Waals surface area contributed by atoms with E-state index in [-0.39, 0.29) is 6.04 Å². The van der Waals surface area contributed by atoms with Crippen LogP contribution in [0.1, 0.15) is 31.3 Å². The second kappa shape index (κ2) is 6.85. The smallest absolute Gasteiger partial charge is 0.170 e. The zero-order valence-corrected chi connectivity index (χ0v) is 13.5. The molecule has 1 unspecified atom stereocenters. The number of nitrogens with one attached hydrogen (secondary N) is 1. The molecule has 0 saturated carbocycles. The van der Waals surface area contributed by atoms with Gasteiger partial charge in [-0.15, -0.1) is 10.2 Å². The maximum atomic E-state index is 5.90. The third kappa shape index (κ3) is 3.58. The monoisotopic (exact) mass is 338 g/mol. The highest BCUT2D eigenvalue weighted by Crippen LogP contribution is 2.29. The molecule has 1 aromatic carbocycles. The summed E-state index contributed by atoms with van der Waals surface area (Å²) in [7, 11) is 1.91. The van der Waals surface area contributed by atoms with Crippen molar-refractivity contribution in [3.8, 4) is 5.75 Å². The second-order valence-electron chi connectivity index (χ2n) is 4.61. The summed E-state index contributed by atoms with van der Waals surface area (Å²) in [4.78, 5) is 0. The number of hydrogen-bond acceptors (Lipinski definition) is 4. The number of benzene rings is 1. The number of ether oxygens (including phenoxy) is 1. The molecule has 0 saturated heterocycles. The molecule has 2 aromatic rings. The largest absolute Gasteiger partial charge is 0.485 e. The minimum absolute atomic E-state index is 0.229. The Balaban J connectivity index is 2.16. The summed E-state index contributed by atoms with van der Waals surface area (Å²) in [5.41, 5.74) is 1.13. The predicted molar refractivity (Wildman–Crippen MR) is 81.6 cm³/mol. The van der Waals surface area contributed by atoms with Gasteiger partial charge in [0.05, 0.1) is 0 Å². The first-order valence-electron chi connectivity index (χ1n) is 6.60. The van der Waals surface area contributed by atoms with Crippen LogP contribution >= 0.6 is 15.9 Å². The first kappa shape index (κ1) is 15.0. The Morgan fingerprint density at radius 3 is 2.90 bits per heavy atom. The predicted octanol–water partition coefficient (Wildman–Crippen LogP) is 2.83. The van der Waals surface area contributed by atoms with E-state index in [1.807, 2.05) is 23.7 Å². The number of nitrogens with zero attached hydrogens (tertiary/aromatic N) is 3. The summed E-state index contributed by atoms with van der Waals surface area (Å²) in [5, 5.41) is 11.3. The molecule has 0 amide bonds. The molecular formula is C14H19BrN4O. The lowest BCUT2D eigenvalue weighted by atomic mass is 10.1. The van der Waals surface area contributed by atoms with E-state index >= 15 is 0 Å². The fraction of sp³-hybridized carbons (Fsp3) is 0.429. The number of halogens is 1. The summed E-state index contributed by atoms with van der Waals surface area (Å²) >= 11 is 3.51. The fourth-order valence-electron chi connectivity index (χ4n) is 1.99. The molecule has 20 heavy (non-hydrogen) atoms. The summed E-state index contributed by atoms with van der Waals surface area (Å²) < 4.78 is 8.80. The minimum Gasteiger partial charge on any atom is -0.485 e. The van der Waals surface area contributed by atoms with Crippen LogP contribution in [0.3, 0.4) is 0 Å². The van der Waals surface area contributed by atoms with Crippen molar-refractivity contribution >= 4 is 15.9 Å². The van der Waals surface area contributed by atoms with Gasteiger partial charge in [-0.05, 0) is 31.7 Å². The van der Waals surface area contributed by atoms with Crippen LogP contribution in [0.4, 0.5) is 0 Å². The van der Waals surface area contributed by atoms with Crippen molar-refractivity contribution in [3.63, 3.8) is 0 Å². The quantitative estimate of drug-likeness (QED) is 0.879. The molecule has 1 N–H and O–H groups in total. The van der Waals surface area contributed by atoms with Gasteiger partial charge in [0.2, 0.25) is 0 Å². The van der Waals surface area contributed by atoms with E-state index in [0.717, 1.165) is 28.2 Å². The van der Waals surface area contributed by atoms with E-state index in [1.54, 1.807) is 6.33 Å². The van der Waals surface area contributed by atoms with Crippen molar-refractivity contribution in [2.75, 3.05) is 6.54 Å². The highest BCUT2D eigenvalue weighted by atomic mass is 79.9. The Bertz CT molecular complexity index is 570. The van der Waals surface area contributed by atoms with Gasteiger partial charge in [0.25, 0.3) is 0 Å². The second-order valence-corrected chi connectivity index (χ2v) is 5.52. The van der Waals surface area contributed by atoms with Crippen molar-refractivity contribution in [1.29, 1.82) is 0 Å². The number of rotatable bonds is 6. The fourth-order valence-corrected chi connectivity index (χ4v) is 2.36. The van der Waals surface area contributed by atoms with Gasteiger partial charge < -0.3 is 14.6 Å². The van der Waals surface area contributed by atoms with Gasteiger partial charge in [0.15, 0.2) is 5.82 Å². The van der Waals surface area contributed by atoms with E-state index in [9.17, 15) is 0 Å². The van der Waals surface area contributed by atoms with E-state index < -0.39 is 0 Å². The highest BCUT2D eigenvalue weighted by Gasteiger charge is 2.12. The van der Waals surface area contributed by atoms with E-state index in [2.05, 4.69) is 51.4 Å². The van der Waals surface area contributed by atoms with Crippen LogP contribution in [-0.4, -0.2) is 21.3 Å². The highest BCUT2D eigenvalue weighted by molar-refractivity contribution is 9.10. The van der Waals surface area contributed by atoms with Crippen molar-refractivity contribution in [2.24, 2.45) is 7.05 Å². The third-order valence-corrected chi connectivity index (χ3v) is 3.60. The lowest BCUT2D eigenvalue weighted by Gasteiger charge is -2.18. The van der Waals surface area contributed by atoms with Crippen LogP contribution in [0.2, 0.25) is 0 Å². The minimum atomic E-state index is 0.229. The van der Waals surface area contributed by atoms with Gasteiger partial charge in [0.1, 0.15) is 18.7 Å². The maximum Gasteiger partial charge on any atom is 0.170 e. The Labute approximate surface area is 127 Å². The summed E-state index contributed by atoms with van der Waals surface area (Å²) in [5.74, 6) is 1.67. The average Bonchev–Trinajstić information content (AvgIpc) is 2.83. The lowest BCUT2D eigenvalue weighted by molar-refractivity contribution is 0.285. The maximum absolute atomic E-state index is 5.90. The van der Waals surface area contributed by atoms with Gasteiger partial charge in [-0.3, -0.25) is 0 Å². The third-order valence-electron chi connectivity index (χ3n) is 3.11. The molecule has 6 heteroatoms. The molecule has 0 radical (unpaired) electrons. The van der Waals surface area contributed by atoms with Crippen molar-refractivity contribution in [3.05, 3.63) is 40.4 Å². The van der Waals surface area contributed by atoms with E-state index in [0.29, 0.717) is 6.61 Å². The standard InChI is InChI=1S/C14H19BrN4O/c1-4-16-10(2)12-7-11(15)5-6-13(12)20-8-14-18-17-9-19(14)3/h5-7,9-10,16H,4,8H2,1-3H3. The SMILES string of the molecule is CCNC(C)c1cc(Br)ccc1OCc1nncn1C. The van der Waals surface area contributed by atoms with Gasteiger partial charge in [-0.1, -0.05) is 22.9 Å². The van der Waals surface area contributed by atoms with Crippen LogP contribution in [0.15, 0.2) is 29.0 Å². The van der Waals surface area contributed by atoms with Crippen molar-refractivity contribution in [1.82, 2.24) is 20.1 Å². The Morgan fingerprint density at radius 2 is 2.25 bits per heavy atom. The molecule has 0 bridgehead atoms. The zero-order chi connectivity index (χ0) is 14.5. The van der Waals surface area contributed by atoms with Gasteiger partial charge in [0, 0.05) is 23.1 Å². The van der Waals surface area contributed by atoms with Crippen LogP contribution in [0.5, 0.6) is 5.75 Å². The normalized spacial score (nSPS) is 12.4. The topological polar surface area (TPSA) is 52.0 Å². The first-order valence-corrected chi connectivity index (χ1v) is 7.39. The van der Waals surface area contributed by atoms with E-state index in [1.165, 1.54) is 0 Å². The molecule has 1 atom stereocenters. The number of aryl methyl sites for hydroxylation is 1. The van der Waals surface area contributed by atoms with Crippen molar-refractivity contribution in [2.45, 2.75) is 26.5 Å². The van der Waals surface area contributed by atoms with Crippen LogP contribution in [0.25, 0.3) is 0 Å². The number of aromatic nitrogens is 3. The summed E-state index contributed by atoms with van der Waals surface area (Å²) in [6, 6.07) is 6.27. The molecule has 0 spiro atoms. The van der Waals surface area contributed by atoms with E-state index in [4.69, 9.17) is 4.74 Å². The molecule has 0 aliphatic carbocycles. The molecule has 108 valence electrons. The molecule has 2 rings (SSSR count). The molecule has 0 aliphatic heterocycles. The first-order chi connectivity index (χ1) is 9.61. The van der Waals surface area contributed by atoms with Crippen LogP contribution < -0.4 is 10.1 Å². The van der Waals surface area contributed by atoms with Gasteiger partial charge in [-0.25, -0.2) is 0 Å². The van der Waals surface area contributed by atoms with Crippen molar-refractivity contribution < 1.29 is 4.74 Å². The van der Waals surface area contributed by atoms with Crippen LogP contribution in [-0.2, 0) is 13.7 Å². The van der Waals surface area contributed by atoms with Gasteiger partial charge in [-0.2, -0.15) is 0 Å². The molecule has 1 aromatic heterocycles. The average molecular weight is 339 g/mol. The molecule has 0 aliphatic rings. The van der Waals surface area contributed by atoms with Gasteiger partial charge >= 0.3 is 0 Å². The Morgan fingerprint density at radius 1 is 1.45 bits per heavy atom.